The molecule has 1 atom stereocenters. The van der Waals surface area contributed by atoms with E-state index in [-0.39, 0.29) is 18.0 Å². The van der Waals surface area contributed by atoms with Crippen LogP contribution in [-0.2, 0) is 16.2 Å². The zero-order valence-electron chi connectivity index (χ0n) is 15.2. The Labute approximate surface area is 153 Å². The Morgan fingerprint density at radius 2 is 2.12 bits per heavy atom. The highest BCUT2D eigenvalue weighted by molar-refractivity contribution is 6.39. The van der Waals surface area contributed by atoms with Gasteiger partial charge in [-0.15, -0.1) is 0 Å². The number of rotatable bonds is 4. The van der Waals surface area contributed by atoms with Crippen molar-refractivity contribution < 1.29 is 14.4 Å². The number of amides is 3. The van der Waals surface area contributed by atoms with Gasteiger partial charge in [-0.1, -0.05) is 5.16 Å². The molecule has 26 heavy (non-hydrogen) atoms. The summed E-state index contributed by atoms with van der Waals surface area (Å²) in [6.07, 6.45) is 5.40. The summed E-state index contributed by atoms with van der Waals surface area (Å²) in [5.41, 5.74) is 0.762. The van der Waals surface area contributed by atoms with Crippen LogP contribution in [0.4, 0.5) is 4.79 Å². The van der Waals surface area contributed by atoms with Crippen LogP contribution in [0.3, 0.4) is 0 Å². The topological polar surface area (TPSA) is 95.9 Å². The van der Waals surface area contributed by atoms with Gasteiger partial charge in [-0.25, -0.2) is 4.79 Å². The third-order valence-electron chi connectivity index (χ3n) is 4.54. The Bertz CT molecular complexity index is 691. The van der Waals surface area contributed by atoms with Crippen molar-refractivity contribution in [1.29, 1.82) is 0 Å². The maximum absolute atomic E-state index is 12.4. The molecule has 0 saturated carbocycles. The van der Waals surface area contributed by atoms with E-state index in [1.165, 1.54) is 0 Å². The van der Waals surface area contributed by atoms with Crippen LogP contribution in [-0.4, -0.2) is 52.3 Å². The highest BCUT2D eigenvalue weighted by atomic mass is 16.7. The zero-order chi connectivity index (χ0) is 18.6. The molecule has 2 aliphatic heterocycles. The first kappa shape index (κ1) is 18.2. The molecule has 140 valence electrons. The van der Waals surface area contributed by atoms with E-state index in [4.69, 9.17) is 4.84 Å². The Balaban J connectivity index is 1.54. The summed E-state index contributed by atoms with van der Waals surface area (Å²) in [5, 5.41) is 9.77. The number of nitrogens with zero attached hydrogens (tertiary/aromatic N) is 3. The first-order chi connectivity index (χ1) is 12.5. The van der Waals surface area contributed by atoms with Gasteiger partial charge < -0.3 is 20.4 Å². The molecule has 0 aromatic carbocycles. The molecule has 3 amide bonds. The van der Waals surface area contributed by atoms with Crippen LogP contribution in [0.2, 0.25) is 0 Å². The SMILES string of the molecule is CC(C)NC(=O)N1CCCC2(CC(C(=O)NCc3ccncc3)=NO2)C1. The fourth-order valence-corrected chi connectivity index (χ4v) is 3.26. The third-order valence-corrected chi connectivity index (χ3v) is 4.54. The van der Waals surface area contributed by atoms with Gasteiger partial charge in [0.15, 0.2) is 5.60 Å². The number of nitrogens with one attached hydrogen (secondary N) is 2. The van der Waals surface area contributed by atoms with Crippen LogP contribution in [0.25, 0.3) is 0 Å². The fourth-order valence-electron chi connectivity index (χ4n) is 3.26. The molecule has 1 aromatic rings. The average molecular weight is 359 g/mol. The number of hydrogen-bond donors (Lipinski definition) is 2. The van der Waals surface area contributed by atoms with E-state index in [1.54, 1.807) is 17.3 Å². The second kappa shape index (κ2) is 7.72. The van der Waals surface area contributed by atoms with Gasteiger partial charge in [-0.05, 0) is 44.4 Å². The molecule has 2 aliphatic rings. The van der Waals surface area contributed by atoms with Gasteiger partial charge >= 0.3 is 6.03 Å². The number of pyridine rings is 1. The van der Waals surface area contributed by atoms with Gasteiger partial charge in [-0.3, -0.25) is 9.78 Å². The van der Waals surface area contributed by atoms with Crippen molar-refractivity contribution in [2.24, 2.45) is 5.16 Å². The summed E-state index contributed by atoms with van der Waals surface area (Å²) in [6.45, 7) is 5.40. The van der Waals surface area contributed by atoms with E-state index in [0.29, 0.717) is 31.8 Å². The monoisotopic (exact) mass is 359 g/mol. The van der Waals surface area contributed by atoms with E-state index in [9.17, 15) is 9.59 Å². The van der Waals surface area contributed by atoms with E-state index in [2.05, 4.69) is 20.8 Å². The quantitative estimate of drug-likeness (QED) is 0.850. The first-order valence-corrected chi connectivity index (χ1v) is 8.95. The van der Waals surface area contributed by atoms with E-state index < -0.39 is 5.60 Å². The number of carbonyl (C=O) groups is 2. The number of carbonyl (C=O) groups excluding carboxylic acids is 2. The number of piperidine rings is 1. The molecule has 1 fully saturated rings. The Morgan fingerprint density at radius 1 is 1.35 bits per heavy atom. The fraction of sp³-hybridized carbons (Fsp3) is 0.556. The number of hydrogen-bond acceptors (Lipinski definition) is 5. The number of likely N-dealkylation sites (tertiary alicyclic amines) is 1. The van der Waals surface area contributed by atoms with Crippen molar-refractivity contribution in [2.75, 3.05) is 13.1 Å². The largest absolute Gasteiger partial charge is 0.386 e. The molecule has 0 bridgehead atoms. The lowest BCUT2D eigenvalue weighted by Crippen LogP contribution is -2.54. The molecule has 8 heteroatoms. The first-order valence-electron chi connectivity index (χ1n) is 8.95. The van der Waals surface area contributed by atoms with Gasteiger partial charge in [0.25, 0.3) is 5.91 Å². The molecule has 3 rings (SSSR count). The summed E-state index contributed by atoms with van der Waals surface area (Å²) in [5.74, 6) is -0.234. The minimum atomic E-state index is -0.587. The summed E-state index contributed by atoms with van der Waals surface area (Å²) in [4.78, 5) is 36.0. The standard InChI is InChI=1S/C18H25N5O3/c1-13(2)21-17(25)23-9-3-6-18(12-23)10-15(22-26-18)16(24)20-11-14-4-7-19-8-5-14/h4-5,7-8,13H,3,6,9-12H2,1-2H3,(H,20,24)(H,21,25). The lowest BCUT2D eigenvalue weighted by molar-refractivity contribution is -0.115. The second-order valence-corrected chi connectivity index (χ2v) is 7.16. The zero-order valence-corrected chi connectivity index (χ0v) is 15.2. The van der Waals surface area contributed by atoms with Crippen LogP contribution in [0, 0.1) is 0 Å². The normalized spacial score (nSPS) is 22.1. The Kier molecular flexibility index (Phi) is 5.39. The molecule has 2 N–H and O–H groups in total. The van der Waals surface area contributed by atoms with Crippen molar-refractivity contribution in [3.05, 3.63) is 30.1 Å². The smallest absolute Gasteiger partial charge is 0.317 e. The Hall–Kier alpha value is -2.64. The highest BCUT2D eigenvalue weighted by Gasteiger charge is 2.45. The van der Waals surface area contributed by atoms with Crippen LogP contribution in [0.1, 0.15) is 38.7 Å². The summed E-state index contributed by atoms with van der Waals surface area (Å²) >= 11 is 0. The van der Waals surface area contributed by atoms with Crippen LogP contribution in [0.5, 0.6) is 0 Å². The molecule has 1 aromatic heterocycles. The van der Waals surface area contributed by atoms with Crippen molar-refractivity contribution in [3.63, 3.8) is 0 Å². The molecule has 3 heterocycles. The molecule has 1 spiro atoms. The predicted octanol–water partition coefficient (Wildman–Crippen LogP) is 1.43. The predicted molar refractivity (Wildman–Crippen MR) is 96.4 cm³/mol. The van der Waals surface area contributed by atoms with Crippen LogP contribution in [0.15, 0.2) is 29.7 Å². The van der Waals surface area contributed by atoms with E-state index in [1.807, 2.05) is 26.0 Å². The van der Waals surface area contributed by atoms with Crippen molar-refractivity contribution >= 4 is 17.6 Å². The minimum Gasteiger partial charge on any atom is -0.386 e. The number of aromatic nitrogens is 1. The van der Waals surface area contributed by atoms with Gasteiger partial charge in [0.1, 0.15) is 5.71 Å². The third kappa shape index (κ3) is 4.30. The second-order valence-electron chi connectivity index (χ2n) is 7.16. The van der Waals surface area contributed by atoms with Gasteiger partial charge in [0.05, 0.1) is 6.54 Å². The van der Waals surface area contributed by atoms with E-state index in [0.717, 1.165) is 18.4 Å². The maximum Gasteiger partial charge on any atom is 0.317 e. The minimum absolute atomic E-state index is 0.0793. The molecule has 8 nitrogen and oxygen atoms in total. The maximum atomic E-state index is 12.4. The summed E-state index contributed by atoms with van der Waals surface area (Å²) in [7, 11) is 0. The van der Waals surface area contributed by atoms with Gasteiger partial charge in [0.2, 0.25) is 0 Å². The lowest BCUT2D eigenvalue weighted by Gasteiger charge is -2.38. The Morgan fingerprint density at radius 3 is 2.85 bits per heavy atom. The van der Waals surface area contributed by atoms with Crippen LogP contribution < -0.4 is 10.6 Å². The van der Waals surface area contributed by atoms with E-state index >= 15 is 0 Å². The molecule has 0 radical (unpaired) electrons. The number of oxime groups is 1. The molecule has 1 saturated heterocycles. The van der Waals surface area contributed by atoms with Gasteiger partial charge in [0, 0.05) is 37.9 Å². The molecule has 0 aliphatic carbocycles. The molecule has 1 unspecified atom stereocenters. The lowest BCUT2D eigenvalue weighted by atomic mass is 9.88. The molecular weight excluding hydrogens is 334 g/mol. The summed E-state index contributed by atoms with van der Waals surface area (Å²) in [6, 6.07) is 3.68. The van der Waals surface area contributed by atoms with Crippen LogP contribution >= 0.6 is 0 Å². The number of urea groups is 1. The average Bonchev–Trinajstić information content (AvgIpc) is 3.03. The summed E-state index contributed by atoms with van der Waals surface area (Å²) < 4.78 is 0. The molecular formula is C18H25N5O3. The van der Waals surface area contributed by atoms with Crippen molar-refractivity contribution in [2.45, 2.75) is 51.3 Å². The highest BCUT2D eigenvalue weighted by Crippen LogP contribution is 2.33. The van der Waals surface area contributed by atoms with Gasteiger partial charge in [-0.2, -0.15) is 0 Å². The van der Waals surface area contributed by atoms with Crippen molar-refractivity contribution in [3.8, 4) is 0 Å². The van der Waals surface area contributed by atoms with Crippen molar-refractivity contribution in [1.82, 2.24) is 20.5 Å².